The van der Waals surface area contributed by atoms with Gasteiger partial charge in [0.25, 0.3) is 0 Å². The zero-order valence-corrected chi connectivity index (χ0v) is 10.8. The largest absolute Gasteiger partial charge is 0.330 e. The minimum Gasteiger partial charge on any atom is -0.330 e. The predicted octanol–water partition coefficient (Wildman–Crippen LogP) is 0.982. The molecule has 0 saturated heterocycles. The SMILES string of the molecule is CCCCN.I.[Pb]. The van der Waals surface area contributed by atoms with Crippen LogP contribution in [0.1, 0.15) is 19.8 Å². The minimum absolute atomic E-state index is 0. The van der Waals surface area contributed by atoms with Crippen LogP contribution in [0.2, 0.25) is 0 Å². The summed E-state index contributed by atoms with van der Waals surface area (Å²) in [5, 5.41) is 0. The van der Waals surface area contributed by atoms with Gasteiger partial charge in [-0.25, -0.2) is 0 Å². The van der Waals surface area contributed by atoms with E-state index in [9.17, 15) is 0 Å². The molecule has 7 heavy (non-hydrogen) atoms. The van der Waals surface area contributed by atoms with Crippen LogP contribution in [-0.4, -0.2) is 33.8 Å². The monoisotopic (exact) mass is 409 g/mol. The fraction of sp³-hybridized carbons (Fsp3) is 1.00. The topological polar surface area (TPSA) is 26.0 Å². The van der Waals surface area contributed by atoms with Gasteiger partial charge in [0, 0.05) is 27.3 Å². The smallest absolute Gasteiger partial charge is 0 e. The van der Waals surface area contributed by atoms with Crippen LogP contribution in [0.15, 0.2) is 0 Å². The first-order valence-electron chi connectivity index (χ1n) is 2.12. The van der Waals surface area contributed by atoms with Crippen molar-refractivity contribution in [3.05, 3.63) is 0 Å². The Balaban J connectivity index is -0.0000000800. The summed E-state index contributed by atoms with van der Waals surface area (Å²) in [5.41, 5.74) is 5.14. The second-order valence-electron chi connectivity index (χ2n) is 1.14. The molecule has 44 valence electrons. The van der Waals surface area contributed by atoms with Gasteiger partial charge in [-0.15, -0.1) is 24.0 Å². The third-order valence-electron chi connectivity index (χ3n) is 0.558. The van der Waals surface area contributed by atoms with E-state index in [1.54, 1.807) is 0 Å². The van der Waals surface area contributed by atoms with Crippen LogP contribution in [0.4, 0.5) is 0 Å². The van der Waals surface area contributed by atoms with E-state index in [1.165, 1.54) is 12.8 Å². The maximum Gasteiger partial charge on any atom is 0 e. The average Bonchev–Trinajstić information content (AvgIpc) is 1.41. The van der Waals surface area contributed by atoms with Crippen LogP contribution in [0.25, 0.3) is 0 Å². The van der Waals surface area contributed by atoms with Gasteiger partial charge in [0.05, 0.1) is 0 Å². The maximum atomic E-state index is 5.14. The Bertz CT molecular complexity index is 19.2. The van der Waals surface area contributed by atoms with Crippen LogP contribution in [-0.2, 0) is 0 Å². The molecule has 3 heteroatoms. The van der Waals surface area contributed by atoms with Gasteiger partial charge in [-0.05, 0) is 13.0 Å². The van der Waals surface area contributed by atoms with Crippen molar-refractivity contribution >= 4 is 51.3 Å². The Morgan fingerprint density at radius 3 is 1.86 bits per heavy atom. The first-order chi connectivity index (χ1) is 2.41. The van der Waals surface area contributed by atoms with Crippen molar-refractivity contribution in [2.75, 3.05) is 6.54 Å². The second-order valence-corrected chi connectivity index (χ2v) is 1.14. The summed E-state index contributed by atoms with van der Waals surface area (Å²) >= 11 is 0. The van der Waals surface area contributed by atoms with E-state index in [-0.39, 0.29) is 51.3 Å². The summed E-state index contributed by atoms with van der Waals surface area (Å²) in [6.07, 6.45) is 2.39. The van der Waals surface area contributed by atoms with E-state index < -0.39 is 0 Å². The molecular weight excluding hydrogens is 396 g/mol. The van der Waals surface area contributed by atoms with E-state index in [1.807, 2.05) is 0 Å². The van der Waals surface area contributed by atoms with Gasteiger partial charge in [0.1, 0.15) is 0 Å². The molecule has 2 N–H and O–H groups in total. The number of rotatable bonds is 2. The summed E-state index contributed by atoms with van der Waals surface area (Å²) in [5.74, 6) is 0. The van der Waals surface area contributed by atoms with Gasteiger partial charge in [-0.3, -0.25) is 0 Å². The van der Waals surface area contributed by atoms with E-state index >= 15 is 0 Å². The molecule has 0 aliphatic heterocycles. The molecule has 0 rings (SSSR count). The quantitative estimate of drug-likeness (QED) is 0.535. The Hall–Kier alpha value is 1.61. The van der Waals surface area contributed by atoms with E-state index in [0.717, 1.165) is 6.54 Å². The summed E-state index contributed by atoms with van der Waals surface area (Å²) in [6.45, 7) is 2.98. The van der Waals surface area contributed by atoms with Crippen LogP contribution >= 0.6 is 24.0 Å². The Morgan fingerprint density at radius 1 is 1.43 bits per heavy atom. The molecule has 0 bridgehead atoms. The Labute approximate surface area is 82.6 Å². The van der Waals surface area contributed by atoms with Crippen LogP contribution < -0.4 is 5.73 Å². The molecule has 0 unspecified atom stereocenters. The molecule has 0 aromatic heterocycles. The zero-order chi connectivity index (χ0) is 4.12. The van der Waals surface area contributed by atoms with Gasteiger partial charge in [-0.2, -0.15) is 0 Å². The molecule has 0 aromatic rings. The van der Waals surface area contributed by atoms with Gasteiger partial charge >= 0.3 is 0 Å². The molecule has 0 aromatic carbocycles. The fourth-order valence-corrected chi connectivity index (χ4v) is 0.204. The molecule has 1 nitrogen and oxygen atoms in total. The molecule has 0 spiro atoms. The first kappa shape index (κ1) is 15.8. The van der Waals surface area contributed by atoms with E-state index in [2.05, 4.69) is 6.92 Å². The molecule has 0 aliphatic carbocycles. The van der Waals surface area contributed by atoms with Crippen molar-refractivity contribution in [2.24, 2.45) is 5.73 Å². The van der Waals surface area contributed by atoms with Crippen LogP contribution in [0.5, 0.6) is 0 Å². The predicted molar refractivity (Wildman–Crippen MR) is 45.1 cm³/mol. The summed E-state index contributed by atoms with van der Waals surface area (Å²) in [7, 11) is 0. The van der Waals surface area contributed by atoms with Crippen molar-refractivity contribution in [2.45, 2.75) is 19.8 Å². The van der Waals surface area contributed by atoms with Crippen LogP contribution in [0.3, 0.4) is 0 Å². The maximum absolute atomic E-state index is 5.14. The normalized spacial score (nSPS) is 6.00. The third-order valence-corrected chi connectivity index (χ3v) is 0.558. The molecule has 0 amide bonds. The number of hydrogen-bond donors (Lipinski definition) is 1. The molecule has 0 saturated carbocycles. The van der Waals surface area contributed by atoms with Gasteiger partial charge in [0.2, 0.25) is 0 Å². The number of nitrogens with two attached hydrogens (primary N) is 1. The summed E-state index contributed by atoms with van der Waals surface area (Å²) in [4.78, 5) is 0. The van der Waals surface area contributed by atoms with Crippen molar-refractivity contribution < 1.29 is 0 Å². The standard InChI is InChI=1S/C4H11N.HI.Pb/c1-2-3-4-5;;/h2-5H2,1H3;1H;. The summed E-state index contributed by atoms with van der Waals surface area (Å²) in [6, 6.07) is 0. The van der Waals surface area contributed by atoms with Crippen LogP contribution in [0, 0.1) is 0 Å². The van der Waals surface area contributed by atoms with Gasteiger partial charge < -0.3 is 5.73 Å². The molecule has 0 atom stereocenters. The average molecular weight is 408 g/mol. The Morgan fingerprint density at radius 2 is 1.86 bits per heavy atom. The van der Waals surface area contributed by atoms with E-state index in [0.29, 0.717) is 0 Å². The third kappa shape index (κ3) is 18.4. The molecule has 4 radical (unpaired) electrons. The fourth-order valence-electron chi connectivity index (χ4n) is 0.204. The number of hydrogen-bond acceptors (Lipinski definition) is 1. The molecular formula is C4H12INPb. The summed E-state index contributed by atoms with van der Waals surface area (Å²) < 4.78 is 0. The van der Waals surface area contributed by atoms with E-state index in [4.69, 9.17) is 5.73 Å². The Kier molecular flexibility index (Phi) is 35.4. The molecule has 0 aliphatic rings. The van der Waals surface area contributed by atoms with Crippen molar-refractivity contribution in [3.63, 3.8) is 0 Å². The van der Waals surface area contributed by atoms with Gasteiger partial charge in [0.15, 0.2) is 0 Å². The minimum atomic E-state index is 0. The van der Waals surface area contributed by atoms with Crippen molar-refractivity contribution in [1.82, 2.24) is 0 Å². The van der Waals surface area contributed by atoms with Crippen molar-refractivity contribution in [3.8, 4) is 0 Å². The van der Waals surface area contributed by atoms with Gasteiger partial charge in [-0.1, -0.05) is 13.3 Å². The molecule has 0 heterocycles. The van der Waals surface area contributed by atoms with Crippen molar-refractivity contribution in [1.29, 1.82) is 0 Å². The number of unbranched alkanes of at least 4 members (excludes halogenated alkanes) is 1. The zero-order valence-electron chi connectivity index (χ0n) is 4.61. The number of halogens is 1. The first-order valence-corrected chi connectivity index (χ1v) is 2.12. The molecule has 0 fully saturated rings. The second kappa shape index (κ2) is 15.6.